The van der Waals surface area contributed by atoms with Crippen molar-refractivity contribution in [1.82, 2.24) is 5.32 Å². The molecule has 0 radical (unpaired) electrons. The number of amides is 1. The van der Waals surface area contributed by atoms with Gasteiger partial charge in [0.05, 0.1) is 13.2 Å². The largest absolute Gasteiger partial charge is 0.453 e. The third kappa shape index (κ3) is 4.63. The molecule has 0 saturated carbocycles. The van der Waals surface area contributed by atoms with Gasteiger partial charge in [-0.05, 0) is 6.42 Å². The monoisotopic (exact) mass is 213 g/mol. The van der Waals surface area contributed by atoms with Gasteiger partial charge in [0, 0.05) is 5.41 Å². The Morgan fingerprint density at radius 2 is 2.00 bits per heavy atom. The Labute approximate surface area is 90.7 Å². The Bertz CT molecular complexity index is 253. The van der Waals surface area contributed by atoms with Crippen LogP contribution in [-0.2, 0) is 9.53 Å². The second kappa shape index (κ2) is 5.53. The van der Waals surface area contributed by atoms with Crippen molar-refractivity contribution in [3.05, 3.63) is 12.7 Å². The van der Waals surface area contributed by atoms with Crippen molar-refractivity contribution < 1.29 is 14.3 Å². The molecule has 0 aromatic rings. The van der Waals surface area contributed by atoms with Gasteiger partial charge >= 0.3 is 6.09 Å². The molecule has 0 saturated heterocycles. The topological polar surface area (TPSA) is 55.4 Å². The van der Waals surface area contributed by atoms with Gasteiger partial charge in [0.1, 0.15) is 0 Å². The maximum atomic E-state index is 11.9. The minimum Gasteiger partial charge on any atom is -0.453 e. The third-order valence-electron chi connectivity index (χ3n) is 1.94. The van der Waals surface area contributed by atoms with E-state index in [1.165, 1.54) is 7.11 Å². The summed E-state index contributed by atoms with van der Waals surface area (Å²) in [6, 6.07) is -0.560. The molecule has 86 valence electrons. The number of carbonyl (C=O) groups excluding carboxylic acids is 2. The van der Waals surface area contributed by atoms with Crippen LogP contribution in [0.1, 0.15) is 27.2 Å². The molecule has 0 aliphatic heterocycles. The standard InChI is InChI=1S/C11H19NO3/c1-6-7-8(12-10(14)15-5)9(13)11(2,3)4/h6,8H,1,7H2,2-5H3,(H,12,14)/t8-/m0/s1. The van der Waals surface area contributed by atoms with E-state index in [1.807, 2.05) is 20.8 Å². The Balaban J connectivity index is 4.59. The van der Waals surface area contributed by atoms with Crippen LogP contribution in [0.2, 0.25) is 0 Å². The highest BCUT2D eigenvalue weighted by Gasteiger charge is 2.29. The number of ether oxygens (including phenoxy) is 1. The molecule has 4 nitrogen and oxygen atoms in total. The number of hydrogen-bond donors (Lipinski definition) is 1. The van der Waals surface area contributed by atoms with Crippen LogP contribution in [0.25, 0.3) is 0 Å². The molecule has 15 heavy (non-hydrogen) atoms. The third-order valence-corrected chi connectivity index (χ3v) is 1.94. The highest BCUT2D eigenvalue weighted by Crippen LogP contribution is 2.18. The van der Waals surface area contributed by atoms with E-state index in [2.05, 4.69) is 16.6 Å². The number of rotatable bonds is 4. The van der Waals surface area contributed by atoms with Gasteiger partial charge in [-0.2, -0.15) is 0 Å². The zero-order chi connectivity index (χ0) is 12.1. The van der Waals surface area contributed by atoms with Gasteiger partial charge < -0.3 is 10.1 Å². The molecule has 0 aromatic heterocycles. The van der Waals surface area contributed by atoms with Gasteiger partial charge in [0.15, 0.2) is 5.78 Å². The van der Waals surface area contributed by atoms with E-state index in [0.29, 0.717) is 6.42 Å². The Hall–Kier alpha value is -1.32. The molecule has 0 unspecified atom stereocenters. The van der Waals surface area contributed by atoms with Crippen molar-refractivity contribution >= 4 is 11.9 Å². The van der Waals surface area contributed by atoms with Crippen LogP contribution in [0, 0.1) is 5.41 Å². The first-order chi connectivity index (χ1) is 6.82. The highest BCUT2D eigenvalue weighted by atomic mass is 16.5. The maximum absolute atomic E-state index is 11.9. The molecule has 0 aliphatic carbocycles. The first-order valence-electron chi connectivity index (χ1n) is 4.82. The van der Waals surface area contributed by atoms with Crippen molar-refractivity contribution in [3.63, 3.8) is 0 Å². The van der Waals surface area contributed by atoms with Gasteiger partial charge in [-0.1, -0.05) is 26.8 Å². The summed E-state index contributed by atoms with van der Waals surface area (Å²) in [7, 11) is 1.27. The SMILES string of the molecule is C=CC[C@H](NC(=O)OC)C(=O)C(C)(C)C. The zero-order valence-corrected chi connectivity index (χ0v) is 9.79. The summed E-state index contributed by atoms with van der Waals surface area (Å²) in [4.78, 5) is 22.9. The number of alkyl carbamates (subject to hydrolysis) is 1. The zero-order valence-electron chi connectivity index (χ0n) is 9.79. The molecule has 4 heteroatoms. The predicted molar refractivity (Wildman–Crippen MR) is 58.6 cm³/mol. The smallest absolute Gasteiger partial charge is 0.407 e. The molecule has 1 atom stereocenters. The lowest BCUT2D eigenvalue weighted by atomic mass is 9.85. The van der Waals surface area contributed by atoms with Crippen LogP contribution < -0.4 is 5.32 Å². The van der Waals surface area contributed by atoms with Crippen molar-refractivity contribution in [2.24, 2.45) is 5.41 Å². The number of ketones is 1. The normalized spacial score (nSPS) is 12.8. The van der Waals surface area contributed by atoms with Crippen LogP contribution >= 0.6 is 0 Å². The van der Waals surface area contributed by atoms with Crippen LogP contribution in [0.4, 0.5) is 4.79 Å². The quantitative estimate of drug-likeness (QED) is 0.726. The number of methoxy groups -OCH3 is 1. The molecular weight excluding hydrogens is 194 g/mol. The average molecular weight is 213 g/mol. The molecular formula is C11H19NO3. The van der Waals surface area contributed by atoms with Gasteiger partial charge in [0.25, 0.3) is 0 Å². The number of Topliss-reactive ketones (excluding diaryl/α,β-unsaturated/α-hetero) is 1. The van der Waals surface area contributed by atoms with Crippen molar-refractivity contribution in [3.8, 4) is 0 Å². The van der Waals surface area contributed by atoms with Gasteiger partial charge in [-0.3, -0.25) is 4.79 Å². The summed E-state index contributed by atoms with van der Waals surface area (Å²) < 4.78 is 4.45. The van der Waals surface area contributed by atoms with Crippen molar-refractivity contribution in [2.75, 3.05) is 7.11 Å². The van der Waals surface area contributed by atoms with Crippen LogP contribution in [0.3, 0.4) is 0 Å². The highest BCUT2D eigenvalue weighted by molar-refractivity contribution is 5.91. The molecule has 0 bridgehead atoms. The van der Waals surface area contributed by atoms with E-state index in [1.54, 1.807) is 6.08 Å². The molecule has 0 aliphatic rings. The molecule has 0 heterocycles. The maximum Gasteiger partial charge on any atom is 0.407 e. The number of hydrogen-bond acceptors (Lipinski definition) is 3. The second-order valence-electron chi connectivity index (χ2n) is 4.33. The molecule has 0 fully saturated rings. The summed E-state index contributed by atoms with van der Waals surface area (Å²) in [5.41, 5.74) is -0.491. The summed E-state index contributed by atoms with van der Waals surface area (Å²) in [5, 5.41) is 2.49. The molecule has 0 aromatic carbocycles. The van der Waals surface area contributed by atoms with Gasteiger partial charge in [0.2, 0.25) is 0 Å². The van der Waals surface area contributed by atoms with E-state index in [9.17, 15) is 9.59 Å². The van der Waals surface area contributed by atoms with E-state index in [-0.39, 0.29) is 5.78 Å². The predicted octanol–water partition coefficient (Wildman–Crippen LogP) is 1.90. The summed E-state index contributed by atoms with van der Waals surface area (Å²) in [6.45, 7) is 8.98. The van der Waals surface area contributed by atoms with Crippen LogP contribution in [-0.4, -0.2) is 25.0 Å². The fourth-order valence-electron chi connectivity index (χ4n) is 1.12. The Morgan fingerprint density at radius 3 is 2.33 bits per heavy atom. The Kier molecular flexibility index (Phi) is 5.05. The molecule has 1 N–H and O–H groups in total. The van der Waals surface area contributed by atoms with Crippen LogP contribution in [0.5, 0.6) is 0 Å². The lowest BCUT2D eigenvalue weighted by Gasteiger charge is -2.24. The van der Waals surface area contributed by atoms with E-state index >= 15 is 0 Å². The molecule has 1 amide bonds. The first kappa shape index (κ1) is 13.7. The Morgan fingerprint density at radius 1 is 1.47 bits per heavy atom. The number of nitrogens with one attached hydrogen (secondary N) is 1. The van der Waals surface area contributed by atoms with Gasteiger partial charge in [-0.15, -0.1) is 6.58 Å². The summed E-state index contributed by atoms with van der Waals surface area (Å²) in [5.74, 6) is -0.0344. The van der Waals surface area contributed by atoms with E-state index in [4.69, 9.17) is 0 Å². The number of carbonyl (C=O) groups is 2. The molecule has 0 spiro atoms. The van der Waals surface area contributed by atoms with Gasteiger partial charge in [-0.25, -0.2) is 4.79 Å². The second-order valence-corrected chi connectivity index (χ2v) is 4.33. The molecule has 0 rings (SSSR count). The summed E-state index contributed by atoms with van der Waals surface area (Å²) >= 11 is 0. The fraction of sp³-hybridized carbons (Fsp3) is 0.636. The van der Waals surface area contributed by atoms with E-state index in [0.717, 1.165) is 0 Å². The lowest BCUT2D eigenvalue weighted by molar-refractivity contribution is -0.128. The average Bonchev–Trinajstić information content (AvgIpc) is 2.14. The first-order valence-corrected chi connectivity index (χ1v) is 4.82. The van der Waals surface area contributed by atoms with Crippen molar-refractivity contribution in [1.29, 1.82) is 0 Å². The minimum atomic E-state index is -0.598. The van der Waals surface area contributed by atoms with E-state index < -0.39 is 17.6 Å². The lowest BCUT2D eigenvalue weighted by Crippen LogP contribution is -2.45. The minimum absolute atomic E-state index is 0.0344. The van der Waals surface area contributed by atoms with Crippen LogP contribution in [0.15, 0.2) is 12.7 Å². The fourth-order valence-corrected chi connectivity index (χ4v) is 1.12. The summed E-state index contributed by atoms with van der Waals surface area (Å²) in [6.07, 6.45) is 1.41. The van der Waals surface area contributed by atoms with Crippen molar-refractivity contribution in [2.45, 2.75) is 33.2 Å².